The van der Waals surface area contributed by atoms with Gasteiger partial charge in [-0.05, 0) is 24.6 Å². The lowest BCUT2D eigenvalue weighted by molar-refractivity contribution is 0.186. The quantitative estimate of drug-likeness (QED) is 0.750. The highest BCUT2D eigenvalue weighted by Gasteiger charge is 2.25. The summed E-state index contributed by atoms with van der Waals surface area (Å²) >= 11 is 1.61. The number of nitrogens with zero attached hydrogens (tertiary/aromatic N) is 2. The minimum Gasteiger partial charge on any atom is -0.493 e. The number of para-hydroxylation sites is 2. The molecule has 2 aromatic carbocycles. The Morgan fingerprint density at radius 3 is 3.00 bits per heavy atom. The maximum atomic E-state index is 12.6. The molecule has 0 radical (unpaired) electrons. The van der Waals surface area contributed by atoms with Crippen molar-refractivity contribution >= 4 is 27.6 Å². The van der Waals surface area contributed by atoms with Crippen LogP contribution in [0.3, 0.4) is 0 Å². The van der Waals surface area contributed by atoms with Crippen molar-refractivity contribution in [2.75, 3.05) is 20.8 Å². The Labute approximate surface area is 161 Å². The summed E-state index contributed by atoms with van der Waals surface area (Å²) in [6.07, 6.45) is 0.716. The van der Waals surface area contributed by atoms with E-state index in [1.54, 1.807) is 30.4 Å². The maximum absolute atomic E-state index is 12.6. The molecule has 6 nitrogen and oxygen atoms in total. The number of carbonyl (C=O) groups is 1. The lowest BCUT2D eigenvalue weighted by Gasteiger charge is -2.28. The second-order valence-corrected chi connectivity index (χ2v) is 7.66. The van der Waals surface area contributed by atoms with Crippen LogP contribution in [0.15, 0.2) is 42.5 Å². The fourth-order valence-corrected chi connectivity index (χ4v) is 4.22. The second-order valence-electron chi connectivity index (χ2n) is 6.54. The number of thiazole rings is 1. The smallest absolute Gasteiger partial charge is 0.317 e. The number of hydrogen-bond donors (Lipinski definition) is 1. The lowest BCUT2D eigenvalue weighted by atomic mass is 10.0. The third-order valence-corrected chi connectivity index (χ3v) is 5.58. The molecule has 4 rings (SSSR count). The number of urea groups is 1. The van der Waals surface area contributed by atoms with Crippen LogP contribution < -0.4 is 14.8 Å². The van der Waals surface area contributed by atoms with E-state index in [9.17, 15) is 4.79 Å². The molecule has 0 saturated heterocycles. The van der Waals surface area contributed by atoms with Gasteiger partial charge < -0.3 is 19.7 Å². The van der Waals surface area contributed by atoms with E-state index in [0.29, 0.717) is 19.6 Å². The zero-order chi connectivity index (χ0) is 18.8. The first kappa shape index (κ1) is 17.6. The molecule has 2 heterocycles. The van der Waals surface area contributed by atoms with Gasteiger partial charge in [-0.25, -0.2) is 9.78 Å². The van der Waals surface area contributed by atoms with Crippen molar-refractivity contribution in [2.45, 2.75) is 19.0 Å². The van der Waals surface area contributed by atoms with E-state index >= 15 is 0 Å². The SMILES string of the molecule is COc1cccc2c1OCC(NC(=O)N(C)Cc1nc3ccccc3s1)C2. The molecule has 1 aromatic heterocycles. The van der Waals surface area contributed by atoms with Crippen molar-refractivity contribution in [1.82, 2.24) is 15.2 Å². The number of benzene rings is 2. The number of rotatable bonds is 4. The second kappa shape index (κ2) is 7.44. The van der Waals surface area contributed by atoms with E-state index in [4.69, 9.17) is 9.47 Å². The van der Waals surface area contributed by atoms with Gasteiger partial charge in [0.1, 0.15) is 11.6 Å². The average molecular weight is 383 g/mol. The van der Waals surface area contributed by atoms with E-state index in [1.165, 1.54) is 0 Å². The van der Waals surface area contributed by atoms with Crippen LogP contribution in [0.2, 0.25) is 0 Å². The largest absolute Gasteiger partial charge is 0.493 e. The summed E-state index contributed by atoms with van der Waals surface area (Å²) in [5.41, 5.74) is 2.01. The Morgan fingerprint density at radius 2 is 2.19 bits per heavy atom. The van der Waals surface area contributed by atoms with Gasteiger partial charge in [-0.1, -0.05) is 24.3 Å². The molecule has 27 heavy (non-hydrogen) atoms. The Hall–Kier alpha value is -2.80. The fraction of sp³-hybridized carbons (Fsp3) is 0.300. The summed E-state index contributed by atoms with van der Waals surface area (Å²) < 4.78 is 12.3. The molecular formula is C20H21N3O3S. The molecule has 3 aromatic rings. The maximum Gasteiger partial charge on any atom is 0.317 e. The minimum absolute atomic E-state index is 0.0741. The average Bonchev–Trinajstić information content (AvgIpc) is 3.09. The molecule has 1 atom stereocenters. The summed E-state index contributed by atoms with van der Waals surface area (Å²) in [5.74, 6) is 1.50. The highest BCUT2D eigenvalue weighted by molar-refractivity contribution is 7.18. The first-order valence-electron chi connectivity index (χ1n) is 8.79. The zero-order valence-electron chi connectivity index (χ0n) is 15.3. The number of fused-ring (bicyclic) bond motifs is 2. The highest BCUT2D eigenvalue weighted by Crippen LogP contribution is 2.34. The highest BCUT2D eigenvalue weighted by atomic mass is 32.1. The number of aromatic nitrogens is 1. The van der Waals surface area contributed by atoms with Crippen LogP contribution >= 0.6 is 11.3 Å². The topological polar surface area (TPSA) is 63.7 Å². The van der Waals surface area contributed by atoms with Crippen molar-refractivity contribution in [3.63, 3.8) is 0 Å². The van der Waals surface area contributed by atoms with E-state index in [-0.39, 0.29) is 12.1 Å². The Balaban J connectivity index is 1.38. The van der Waals surface area contributed by atoms with Gasteiger partial charge in [0.15, 0.2) is 11.5 Å². The molecule has 0 spiro atoms. The van der Waals surface area contributed by atoms with Gasteiger partial charge in [-0.2, -0.15) is 0 Å². The van der Waals surface area contributed by atoms with Crippen molar-refractivity contribution in [2.24, 2.45) is 0 Å². The van der Waals surface area contributed by atoms with Crippen LogP contribution in [0.4, 0.5) is 4.79 Å². The van der Waals surface area contributed by atoms with Crippen LogP contribution in [-0.4, -0.2) is 42.7 Å². The number of nitrogens with one attached hydrogen (secondary N) is 1. The van der Waals surface area contributed by atoms with Crippen molar-refractivity contribution in [3.05, 3.63) is 53.0 Å². The standard InChI is InChI=1S/C20H21N3O3S/c1-23(11-18-22-15-7-3-4-9-17(15)27-18)20(24)21-14-10-13-6-5-8-16(25-2)19(13)26-12-14/h3-9,14H,10-12H2,1-2H3,(H,21,24). The zero-order valence-corrected chi connectivity index (χ0v) is 16.1. The first-order valence-corrected chi connectivity index (χ1v) is 9.60. The molecule has 1 aliphatic heterocycles. The molecule has 0 fully saturated rings. The van der Waals surface area contributed by atoms with E-state index in [0.717, 1.165) is 32.3 Å². The van der Waals surface area contributed by atoms with Gasteiger partial charge in [0, 0.05) is 12.6 Å². The van der Waals surface area contributed by atoms with Gasteiger partial charge >= 0.3 is 6.03 Å². The van der Waals surface area contributed by atoms with Crippen molar-refractivity contribution in [3.8, 4) is 11.5 Å². The Morgan fingerprint density at radius 1 is 1.33 bits per heavy atom. The number of carbonyl (C=O) groups excluding carboxylic acids is 1. The summed E-state index contributed by atoms with van der Waals surface area (Å²) in [6, 6.07) is 13.6. The monoisotopic (exact) mass is 383 g/mol. The van der Waals surface area contributed by atoms with Gasteiger partial charge in [-0.3, -0.25) is 0 Å². The number of ether oxygens (including phenoxy) is 2. The Kier molecular flexibility index (Phi) is 4.85. The van der Waals surface area contributed by atoms with Crippen LogP contribution in [0.5, 0.6) is 11.5 Å². The minimum atomic E-state index is -0.130. The third kappa shape index (κ3) is 3.68. The van der Waals surface area contributed by atoms with E-state index in [1.807, 2.05) is 42.5 Å². The molecule has 0 bridgehead atoms. The molecule has 0 aliphatic carbocycles. The third-order valence-electron chi connectivity index (χ3n) is 4.56. The number of methoxy groups -OCH3 is 1. The summed E-state index contributed by atoms with van der Waals surface area (Å²) in [4.78, 5) is 18.8. The van der Waals surface area contributed by atoms with E-state index in [2.05, 4.69) is 10.3 Å². The van der Waals surface area contributed by atoms with Gasteiger partial charge in [0.2, 0.25) is 0 Å². The molecule has 7 heteroatoms. The van der Waals surface area contributed by atoms with Crippen molar-refractivity contribution < 1.29 is 14.3 Å². The van der Waals surface area contributed by atoms with Crippen molar-refractivity contribution in [1.29, 1.82) is 0 Å². The summed E-state index contributed by atoms with van der Waals surface area (Å²) in [7, 11) is 3.41. The van der Waals surface area contributed by atoms with Crippen LogP contribution in [0.25, 0.3) is 10.2 Å². The molecule has 2 amide bonds. The van der Waals surface area contributed by atoms with Crippen LogP contribution in [0.1, 0.15) is 10.6 Å². The predicted molar refractivity (Wildman–Crippen MR) is 106 cm³/mol. The number of amides is 2. The van der Waals surface area contributed by atoms with Gasteiger partial charge in [-0.15, -0.1) is 11.3 Å². The van der Waals surface area contributed by atoms with Gasteiger partial charge in [0.25, 0.3) is 0 Å². The van der Waals surface area contributed by atoms with Gasteiger partial charge in [0.05, 0.1) is 29.9 Å². The molecule has 1 aliphatic rings. The molecule has 140 valence electrons. The molecule has 1 N–H and O–H groups in total. The fourth-order valence-electron chi connectivity index (χ4n) is 3.19. The lowest BCUT2D eigenvalue weighted by Crippen LogP contribution is -2.47. The molecule has 1 unspecified atom stereocenters. The number of hydrogen-bond acceptors (Lipinski definition) is 5. The van der Waals surface area contributed by atoms with Crippen LogP contribution in [-0.2, 0) is 13.0 Å². The van der Waals surface area contributed by atoms with Crippen LogP contribution in [0, 0.1) is 0 Å². The molecule has 0 saturated carbocycles. The predicted octanol–water partition coefficient (Wildman–Crippen LogP) is 3.45. The summed E-state index contributed by atoms with van der Waals surface area (Å²) in [5, 5.41) is 3.97. The summed E-state index contributed by atoms with van der Waals surface area (Å²) in [6.45, 7) is 0.900. The molecular weight excluding hydrogens is 362 g/mol. The van der Waals surface area contributed by atoms with E-state index < -0.39 is 0 Å². The first-order chi connectivity index (χ1) is 13.1. The Bertz CT molecular complexity index is 939. The normalized spacial score (nSPS) is 15.7.